The molecule has 0 spiro atoms. The van der Waals surface area contributed by atoms with Crippen molar-refractivity contribution < 1.29 is 64.3 Å². The van der Waals surface area contributed by atoms with Crippen LogP contribution in [0.15, 0.2) is 56.5 Å². The molecule has 2 aliphatic heterocycles. The lowest BCUT2D eigenvalue weighted by atomic mass is 9.83. The molecule has 0 aromatic heterocycles. The summed E-state index contributed by atoms with van der Waals surface area (Å²) in [7, 11) is -17.9. The Morgan fingerprint density at radius 3 is 1.22 bits per heavy atom. The van der Waals surface area contributed by atoms with E-state index in [9.17, 15) is 26.0 Å². The molecule has 2 aromatic carbocycles. The first-order chi connectivity index (χ1) is 23.6. The zero-order valence-electron chi connectivity index (χ0n) is 26.7. The summed E-state index contributed by atoms with van der Waals surface area (Å²) in [4.78, 5) is 46.4. The van der Waals surface area contributed by atoms with E-state index < -0.39 is 49.3 Å². The second-order valence-electron chi connectivity index (χ2n) is 11.7. The zero-order chi connectivity index (χ0) is 36.2. The van der Waals surface area contributed by atoms with E-state index in [0.29, 0.717) is 51.9 Å². The van der Waals surface area contributed by atoms with Gasteiger partial charge in [0.15, 0.2) is 0 Å². The standard InChI is InChI=1S/C28H38N4O14P2S2/c33-47(34,35)45-19-43-29-27-24-12-10-22(50(41,42)32-15-7-3-4-8-16-32)18-26(24)28(30-44-20-46-48(36,37)38)23-11-9-21(17-25(23)27)49(39,40)31-13-5-1-2-6-14-31/h9-12,17-18H,1-8,13-16,19-20H2,(H2,33,34,35)(H2,36,37,38). The van der Waals surface area contributed by atoms with Gasteiger partial charge in [-0.05, 0) is 49.9 Å². The highest BCUT2D eigenvalue weighted by Crippen LogP contribution is 2.37. The Labute approximate surface area is 289 Å². The lowest BCUT2D eigenvalue weighted by Crippen LogP contribution is -2.33. The predicted molar refractivity (Wildman–Crippen MR) is 177 cm³/mol. The third kappa shape index (κ3) is 9.44. The second-order valence-corrected chi connectivity index (χ2v) is 18.0. The topological polar surface area (TPSA) is 251 Å². The highest BCUT2D eigenvalue weighted by atomic mass is 32.2. The average molecular weight is 781 g/mol. The number of fused-ring (bicyclic) bond motifs is 2. The Kier molecular flexibility index (Phi) is 12.3. The molecule has 1 aliphatic carbocycles. The normalized spacial score (nSPS) is 20.2. The van der Waals surface area contributed by atoms with Gasteiger partial charge in [-0.2, -0.15) is 8.61 Å². The Hall–Kier alpha value is -2.58. The second kappa shape index (κ2) is 16.0. The van der Waals surface area contributed by atoms with Gasteiger partial charge in [-0.1, -0.05) is 48.1 Å². The fraction of sp³-hybridized carbons (Fsp3) is 0.500. The van der Waals surface area contributed by atoms with E-state index in [4.69, 9.17) is 29.2 Å². The Morgan fingerprint density at radius 2 is 0.900 bits per heavy atom. The molecule has 5 rings (SSSR count). The molecule has 0 atom stereocenters. The van der Waals surface area contributed by atoms with Crippen molar-refractivity contribution in [1.82, 2.24) is 8.61 Å². The maximum absolute atomic E-state index is 13.8. The molecule has 0 unspecified atom stereocenters. The highest BCUT2D eigenvalue weighted by Gasteiger charge is 2.34. The molecule has 2 fully saturated rings. The van der Waals surface area contributed by atoms with Crippen LogP contribution in [0.2, 0.25) is 0 Å². The monoisotopic (exact) mass is 780 g/mol. The molecule has 2 heterocycles. The molecular formula is C28H38N4O14P2S2. The molecular weight excluding hydrogens is 742 g/mol. The van der Waals surface area contributed by atoms with Crippen LogP contribution >= 0.6 is 15.6 Å². The first kappa shape index (κ1) is 38.6. The molecule has 4 N–H and O–H groups in total. The molecule has 0 radical (unpaired) electrons. The Bertz CT molecular complexity index is 1790. The largest absolute Gasteiger partial charge is 0.472 e. The first-order valence-corrected chi connectivity index (χ1v) is 21.6. The van der Waals surface area contributed by atoms with E-state index in [0.717, 1.165) is 25.7 Å². The van der Waals surface area contributed by atoms with Gasteiger partial charge in [0.1, 0.15) is 11.4 Å². The minimum absolute atomic E-state index is 0.0543. The lowest BCUT2D eigenvalue weighted by molar-refractivity contribution is 0.000324. The van der Waals surface area contributed by atoms with Gasteiger partial charge >= 0.3 is 15.6 Å². The molecule has 3 aliphatic rings. The van der Waals surface area contributed by atoms with Gasteiger partial charge in [0.25, 0.3) is 0 Å². The van der Waals surface area contributed by atoms with Crippen molar-refractivity contribution >= 4 is 47.1 Å². The smallest absolute Gasteiger partial charge is 0.366 e. The summed E-state index contributed by atoms with van der Waals surface area (Å²) in [6, 6.07) is 8.08. The molecule has 18 nitrogen and oxygen atoms in total. The number of hydrogen-bond donors (Lipinski definition) is 4. The van der Waals surface area contributed by atoms with E-state index in [2.05, 4.69) is 19.4 Å². The molecule has 22 heteroatoms. The molecule has 2 saturated heterocycles. The number of benzene rings is 2. The van der Waals surface area contributed by atoms with Crippen LogP contribution in [0.3, 0.4) is 0 Å². The van der Waals surface area contributed by atoms with E-state index in [-0.39, 0.29) is 43.5 Å². The number of oxime groups is 2. The van der Waals surface area contributed by atoms with Crippen LogP contribution in [0.1, 0.15) is 73.6 Å². The summed E-state index contributed by atoms with van der Waals surface area (Å²) in [5.74, 6) is 0. The highest BCUT2D eigenvalue weighted by molar-refractivity contribution is 7.89. The molecule has 276 valence electrons. The maximum atomic E-state index is 13.8. The molecule has 2 aromatic rings. The van der Waals surface area contributed by atoms with Gasteiger partial charge in [0.05, 0.1) is 9.79 Å². The molecule has 0 amide bonds. The summed E-state index contributed by atoms with van der Waals surface area (Å²) in [6.45, 7) is -0.702. The van der Waals surface area contributed by atoms with E-state index in [1.807, 2.05) is 0 Å². The van der Waals surface area contributed by atoms with Crippen molar-refractivity contribution in [3.8, 4) is 0 Å². The van der Waals surface area contributed by atoms with Gasteiger partial charge in [0.2, 0.25) is 33.6 Å². The summed E-state index contributed by atoms with van der Waals surface area (Å²) in [5.41, 5.74) is 0.414. The number of nitrogens with zero attached hydrogens (tertiary/aromatic N) is 4. The van der Waals surface area contributed by atoms with Crippen LogP contribution in [0.4, 0.5) is 0 Å². The van der Waals surface area contributed by atoms with Crippen molar-refractivity contribution in [2.45, 2.75) is 61.2 Å². The van der Waals surface area contributed by atoms with Crippen molar-refractivity contribution in [2.24, 2.45) is 10.3 Å². The van der Waals surface area contributed by atoms with Crippen molar-refractivity contribution in [1.29, 1.82) is 0 Å². The van der Waals surface area contributed by atoms with Gasteiger partial charge in [-0.25, -0.2) is 35.0 Å². The van der Waals surface area contributed by atoms with E-state index in [1.165, 1.54) is 45.0 Å². The lowest BCUT2D eigenvalue weighted by Gasteiger charge is -2.26. The summed E-state index contributed by atoms with van der Waals surface area (Å²) in [6.07, 6.45) is 6.29. The fourth-order valence-electron chi connectivity index (χ4n) is 5.89. The SMILES string of the molecule is O=P(O)(O)OCON=C1c2ccc(S(=O)(=O)N3CCCCCC3)cc2C(=NOCOP(=O)(O)O)c2ccc(S(=O)(=O)N3CCCCCC3)cc21. The Balaban J connectivity index is 1.65. The van der Waals surface area contributed by atoms with Crippen LogP contribution in [0.25, 0.3) is 0 Å². The minimum atomic E-state index is -4.95. The maximum Gasteiger partial charge on any atom is 0.472 e. The van der Waals surface area contributed by atoms with Gasteiger partial charge in [0, 0.05) is 48.4 Å². The van der Waals surface area contributed by atoms with Crippen LogP contribution < -0.4 is 0 Å². The summed E-state index contributed by atoms with van der Waals surface area (Å²) < 4.78 is 89.1. The van der Waals surface area contributed by atoms with Gasteiger partial charge < -0.3 is 29.2 Å². The van der Waals surface area contributed by atoms with Crippen molar-refractivity contribution in [3.05, 3.63) is 58.7 Å². The van der Waals surface area contributed by atoms with Crippen molar-refractivity contribution in [3.63, 3.8) is 0 Å². The van der Waals surface area contributed by atoms with Crippen LogP contribution in [0.5, 0.6) is 0 Å². The van der Waals surface area contributed by atoms with Crippen LogP contribution in [0, 0.1) is 0 Å². The minimum Gasteiger partial charge on any atom is -0.366 e. The number of phosphoric acid groups is 2. The third-order valence-corrected chi connectivity index (χ3v) is 12.9. The fourth-order valence-corrected chi connectivity index (χ4v) is 9.34. The molecule has 50 heavy (non-hydrogen) atoms. The van der Waals surface area contributed by atoms with Crippen molar-refractivity contribution in [2.75, 3.05) is 39.8 Å². The van der Waals surface area contributed by atoms with E-state index in [1.54, 1.807) is 0 Å². The summed E-state index contributed by atoms with van der Waals surface area (Å²) in [5, 5.41) is 8.07. The quantitative estimate of drug-likeness (QED) is 0.0893. The molecule has 0 bridgehead atoms. The van der Waals surface area contributed by atoms with Crippen LogP contribution in [-0.2, 0) is 47.9 Å². The number of phosphoric ester groups is 2. The van der Waals surface area contributed by atoms with E-state index >= 15 is 0 Å². The first-order valence-electron chi connectivity index (χ1n) is 15.7. The number of rotatable bonds is 12. The summed E-state index contributed by atoms with van der Waals surface area (Å²) >= 11 is 0. The number of sulfonamides is 2. The predicted octanol–water partition coefficient (Wildman–Crippen LogP) is 2.80. The van der Waals surface area contributed by atoms with Gasteiger partial charge in [-0.15, -0.1) is 0 Å². The third-order valence-electron chi connectivity index (χ3n) is 8.27. The zero-order valence-corrected chi connectivity index (χ0v) is 30.2. The Morgan fingerprint density at radius 1 is 0.560 bits per heavy atom. The average Bonchev–Trinajstić information content (AvgIpc) is 3.51. The number of hydrogen-bond acceptors (Lipinski definition) is 12. The molecule has 0 saturated carbocycles. The van der Waals surface area contributed by atoms with Gasteiger partial charge in [-0.3, -0.25) is 0 Å². The van der Waals surface area contributed by atoms with Crippen LogP contribution in [-0.4, -0.2) is 96.2 Å².